The van der Waals surface area contributed by atoms with E-state index in [1.54, 1.807) is 25.4 Å². The van der Waals surface area contributed by atoms with Gasteiger partial charge in [0.2, 0.25) is 17.6 Å². The van der Waals surface area contributed by atoms with Crippen LogP contribution in [0.15, 0.2) is 22.9 Å². The lowest BCUT2D eigenvalue weighted by Gasteiger charge is -2.19. The van der Waals surface area contributed by atoms with E-state index in [9.17, 15) is 4.79 Å². The van der Waals surface area contributed by atoms with Crippen molar-refractivity contribution in [3.05, 3.63) is 24.2 Å². The molecule has 7 nitrogen and oxygen atoms in total. The molecule has 0 aliphatic heterocycles. The standard InChI is InChI=1S/C15H19N3O4/c1-15(2,3)21-13(19)8-7-12-17-14(18-22-12)10-5-6-11(20-4)16-9-10/h5-6,9H,7-8H2,1-4H3. The van der Waals surface area contributed by atoms with Crippen LogP contribution >= 0.6 is 0 Å². The summed E-state index contributed by atoms with van der Waals surface area (Å²) in [5, 5.41) is 3.88. The van der Waals surface area contributed by atoms with E-state index >= 15 is 0 Å². The zero-order chi connectivity index (χ0) is 16.2. The number of nitrogens with zero attached hydrogens (tertiary/aromatic N) is 3. The molecule has 2 aromatic rings. The van der Waals surface area contributed by atoms with E-state index in [4.69, 9.17) is 14.0 Å². The lowest BCUT2D eigenvalue weighted by molar-refractivity contribution is -0.154. The van der Waals surface area contributed by atoms with Crippen molar-refractivity contribution < 1.29 is 18.8 Å². The number of esters is 1. The molecule has 0 aliphatic carbocycles. The summed E-state index contributed by atoms with van der Waals surface area (Å²) < 4.78 is 15.3. The van der Waals surface area contributed by atoms with E-state index < -0.39 is 5.60 Å². The summed E-state index contributed by atoms with van der Waals surface area (Å²) in [5.74, 6) is 1.03. The van der Waals surface area contributed by atoms with Crippen molar-refractivity contribution in [1.82, 2.24) is 15.1 Å². The summed E-state index contributed by atoms with van der Waals surface area (Å²) in [5.41, 5.74) is 0.222. The van der Waals surface area contributed by atoms with Crippen LogP contribution in [0.4, 0.5) is 0 Å². The van der Waals surface area contributed by atoms with Crippen LogP contribution in [0.3, 0.4) is 0 Å². The van der Waals surface area contributed by atoms with E-state index in [-0.39, 0.29) is 12.4 Å². The van der Waals surface area contributed by atoms with Crippen LogP contribution in [0.2, 0.25) is 0 Å². The fourth-order valence-corrected chi connectivity index (χ4v) is 1.71. The van der Waals surface area contributed by atoms with Gasteiger partial charge < -0.3 is 14.0 Å². The average molecular weight is 305 g/mol. The lowest BCUT2D eigenvalue weighted by Crippen LogP contribution is -2.24. The van der Waals surface area contributed by atoms with Crippen molar-refractivity contribution in [3.63, 3.8) is 0 Å². The number of carbonyl (C=O) groups excluding carboxylic acids is 1. The zero-order valence-corrected chi connectivity index (χ0v) is 13.1. The fraction of sp³-hybridized carbons (Fsp3) is 0.467. The highest BCUT2D eigenvalue weighted by Gasteiger charge is 2.17. The molecule has 0 amide bonds. The highest BCUT2D eigenvalue weighted by Crippen LogP contribution is 2.18. The maximum atomic E-state index is 11.6. The Morgan fingerprint density at radius 1 is 1.32 bits per heavy atom. The van der Waals surface area contributed by atoms with Crippen molar-refractivity contribution in [2.24, 2.45) is 0 Å². The third-order valence-electron chi connectivity index (χ3n) is 2.63. The number of hydrogen-bond donors (Lipinski definition) is 0. The Morgan fingerprint density at radius 2 is 2.09 bits per heavy atom. The largest absolute Gasteiger partial charge is 0.481 e. The number of aromatic nitrogens is 3. The molecular weight excluding hydrogens is 286 g/mol. The van der Waals surface area contributed by atoms with Gasteiger partial charge in [-0.3, -0.25) is 4.79 Å². The first-order valence-corrected chi connectivity index (χ1v) is 6.92. The Balaban J connectivity index is 1.95. The van der Waals surface area contributed by atoms with Gasteiger partial charge in [-0.1, -0.05) is 5.16 Å². The van der Waals surface area contributed by atoms with Gasteiger partial charge in [0.15, 0.2) is 0 Å². The van der Waals surface area contributed by atoms with Crippen molar-refractivity contribution in [2.45, 2.75) is 39.2 Å². The van der Waals surface area contributed by atoms with Gasteiger partial charge in [0, 0.05) is 24.2 Å². The average Bonchev–Trinajstić information content (AvgIpc) is 2.92. The molecule has 2 rings (SSSR count). The first kappa shape index (κ1) is 15.9. The summed E-state index contributed by atoms with van der Waals surface area (Å²) in [7, 11) is 1.55. The molecule has 0 aliphatic rings. The second-order valence-electron chi connectivity index (χ2n) is 5.69. The van der Waals surface area contributed by atoms with E-state index in [0.717, 1.165) is 0 Å². The van der Waals surface area contributed by atoms with Crippen molar-refractivity contribution in [3.8, 4) is 17.3 Å². The van der Waals surface area contributed by atoms with E-state index in [1.807, 2.05) is 20.8 Å². The third-order valence-corrected chi connectivity index (χ3v) is 2.63. The minimum Gasteiger partial charge on any atom is -0.481 e. The molecule has 22 heavy (non-hydrogen) atoms. The van der Waals surface area contributed by atoms with Gasteiger partial charge in [0.05, 0.1) is 13.5 Å². The highest BCUT2D eigenvalue weighted by molar-refractivity contribution is 5.70. The first-order valence-electron chi connectivity index (χ1n) is 6.92. The van der Waals surface area contributed by atoms with Crippen LogP contribution < -0.4 is 4.74 Å². The Kier molecular flexibility index (Phi) is 4.75. The van der Waals surface area contributed by atoms with Crippen LogP contribution in [0.5, 0.6) is 5.88 Å². The van der Waals surface area contributed by atoms with E-state index in [1.165, 1.54) is 0 Å². The van der Waals surface area contributed by atoms with Gasteiger partial charge in [-0.15, -0.1) is 0 Å². The number of pyridine rings is 1. The van der Waals surface area contributed by atoms with Crippen LogP contribution in [-0.2, 0) is 16.0 Å². The Bertz CT molecular complexity index is 629. The SMILES string of the molecule is COc1ccc(-c2noc(CCC(=O)OC(C)(C)C)n2)cn1. The topological polar surface area (TPSA) is 87.3 Å². The second kappa shape index (κ2) is 6.55. The Labute approximate surface area is 128 Å². The monoisotopic (exact) mass is 305 g/mol. The summed E-state index contributed by atoms with van der Waals surface area (Å²) in [6, 6.07) is 3.50. The number of aryl methyl sites for hydroxylation is 1. The minimum absolute atomic E-state index is 0.194. The van der Waals surface area contributed by atoms with Crippen molar-refractivity contribution in [2.75, 3.05) is 7.11 Å². The normalized spacial score (nSPS) is 11.3. The minimum atomic E-state index is -0.494. The van der Waals surface area contributed by atoms with Gasteiger partial charge in [0.1, 0.15) is 5.60 Å². The quantitative estimate of drug-likeness (QED) is 0.784. The second-order valence-corrected chi connectivity index (χ2v) is 5.69. The van der Waals surface area contributed by atoms with Gasteiger partial charge in [0.25, 0.3) is 0 Å². The fourth-order valence-electron chi connectivity index (χ4n) is 1.71. The predicted octanol–water partition coefficient (Wildman–Crippen LogP) is 2.41. The first-order chi connectivity index (χ1) is 10.4. The molecular formula is C15H19N3O4. The summed E-state index contributed by atoms with van der Waals surface area (Å²) >= 11 is 0. The van der Waals surface area contributed by atoms with Crippen LogP contribution in [-0.4, -0.2) is 33.8 Å². The molecule has 2 heterocycles. The molecule has 0 fully saturated rings. The van der Waals surface area contributed by atoms with Crippen molar-refractivity contribution >= 4 is 5.97 Å². The van der Waals surface area contributed by atoms with Gasteiger partial charge in [-0.25, -0.2) is 4.98 Å². The van der Waals surface area contributed by atoms with Gasteiger partial charge >= 0.3 is 5.97 Å². The van der Waals surface area contributed by atoms with E-state index in [2.05, 4.69) is 15.1 Å². The molecule has 0 radical (unpaired) electrons. The number of carbonyl (C=O) groups is 1. The molecule has 0 aromatic carbocycles. The molecule has 0 spiro atoms. The van der Waals surface area contributed by atoms with E-state index in [0.29, 0.717) is 29.6 Å². The van der Waals surface area contributed by atoms with Crippen LogP contribution in [0.25, 0.3) is 11.4 Å². The summed E-state index contributed by atoms with van der Waals surface area (Å²) in [4.78, 5) is 20.0. The maximum absolute atomic E-state index is 11.6. The molecule has 0 saturated carbocycles. The summed E-state index contributed by atoms with van der Waals surface area (Å²) in [6.45, 7) is 5.48. The molecule has 7 heteroatoms. The van der Waals surface area contributed by atoms with Gasteiger partial charge in [-0.05, 0) is 26.8 Å². The predicted molar refractivity (Wildman–Crippen MR) is 78.2 cm³/mol. The Morgan fingerprint density at radius 3 is 2.68 bits per heavy atom. The highest BCUT2D eigenvalue weighted by atomic mass is 16.6. The lowest BCUT2D eigenvalue weighted by atomic mass is 10.2. The molecule has 0 bridgehead atoms. The Hall–Kier alpha value is -2.44. The number of rotatable bonds is 5. The number of methoxy groups -OCH3 is 1. The maximum Gasteiger partial charge on any atom is 0.306 e. The molecule has 118 valence electrons. The number of hydrogen-bond acceptors (Lipinski definition) is 7. The van der Waals surface area contributed by atoms with Gasteiger partial charge in [-0.2, -0.15) is 4.98 Å². The molecule has 0 atom stereocenters. The molecule has 0 saturated heterocycles. The molecule has 0 unspecified atom stereocenters. The third kappa shape index (κ3) is 4.54. The van der Waals surface area contributed by atoms with Crippen LogP contribution in [0, 0.1) is 0 Å². The number of ether oxygens (including phenoxy) is 2. The van der Waals surface area contributed by atoms with Crippen LogP contribution in [0.1, 0.15) is 33.1 Å². The molecule has 0 N–H and O–H groups in total. The summed E-state index contributed by atoms with van der Waals surface area (Å²) in [6.07, 6.45) is 2.13. The zero-order valence-electron chi connectivity index (χ0n) is 13.1. The van der Waals surface area contributed by atoms with Crippen molar-refractivity contribution in [1.29, 1.82) is 0 Å². The molecule has 2 aromatic heterocycles. The smallest absolute Gasteiger partial charge is 0.306 e.